The van der Waals surface area contributed by atoms with Gasteiger partial charge in [0.15, 0.2) is 0 Å². The lowest BCUT2D eigenvalue weighted by Gasteiger charge is -2.23. The van der Waals surface area contributed by atoms with E-state index in [-0.39, 0.29) is 0 Å². The van der Waals surface area contributed by atoms with E-state index in [0.29, 0.717) is 12.0 Å². The van der Waals surface area contributed by atoms with Gasteiger partial charge < -0.3 is 0 Å². The molecule has 0 spiro atoms. The van der Waals surface area contributed by atoms with E-state index in [2.05, 4.69) is 51.9 Å². The van der Waals surface area contributed by atoms with Crippen LogP contribution in [0.4, 0.5) is 0 Å². The van der Waals surface area contributed by atoms with Crippen molar-refractivity contribution in [3.63, 3.8) is 0 Å². The van der Waals surface area contributed by atoms with Crippen LogP contribution in [0.25, 0.3) is 0 Å². The molecule has 0 radical (unpaired) electrons. The Hall–Kier alpha value is -0.390. The molecule has 0 aromatic carbocycles. The van der Waals surface area contributed by atoms with Crippen molar-refractivity contribution in [2.75, 3.05) is 0 Å². The quantitative estimate of drug-likeness (QED) is 0.617. The molecule has 1 aromatic rings. The predicted molar refractivity (Wildman–Crippen MR) is 86.3 cm³/mol. The minimum absolute atomic E-state index is 0.350. The molecule has 114 valence electrons. The number of nitrogens with two attached hydrogens (primary N) is 1. The van der Waals surface area contributed by atoms with Crippen molar-refractivity contribution in [3.05, 3.63) is 15.9 Å². The van der Waals surface area contributed by atoms with Crippen LogP contribution in [0.1, 0.15) is 51.4 Å². The van der Waals surface area contributed by atoms with Gasteiger partial charge in [0, 0.05) is 19.0 Å². The molecule has 0 amide bonds. The lowest BCUT2D eigenvalue weighted by atomic mass is 9.93. The molecule has 3 unspecified atom stereocenters. The summed E-state index contributed by atoms with van der Waals surface area (Å²) in [5, 5.41) is 4.68. The number of hydrazine groups is 1. The highest BCUT2D eigenvalue weighted by Gasteiger charge is 2.30. The topological polar surface area (TPSA) is 55.9 Å². The molecule has 0 bridgehead atoms. The van der Waals surface area contributed by atoms with E-state index in [1.807, 2.05) is 0 Å². The van der Waals surface area contributed by atoms with Crippen LogP contribution in [0.2, 0.25) is 0 Å². The van der Waals surface area contributed by atoms with E-state index in [1.165, 1.54) is 29.4 Å². The van der Waals surface area contributed by atoms with Crippen LogP contribution >= 0.6 is 15.9 Å². The van der Waals surface area contributed by atoms with Crippen molar-refractivity contribution < 1.29 is 0 Å². The molecule has 2 rings (SSSR count). The third-order valence-corrected chi connectivity index (χ3v) is 5.54. The largest absolute Gasteiger partial charge is 0.271 e. The smallest absolute Gasteiger partial charge is 0.0766 e. The highest BCUT2D eigenvalue weighted by atomic mass is 79.9. The van der Waals surface area contributed by atoms with Gasteiger partial charge in [-0.1, -0.05) is 20.3 Å². The van der Waals surface area contributed by atoms with Crippen LogP contribution in [0, 0.1) is 11.8 Å². The van der Waals surface area contributed by atoms with Crippen molar-refractivity contribution in [2.45, 2.75) is 65.5 Å². The second-order valence-electron chi connectivity index (χ2n) is 6.03. The molecule has 1 saturated carbocycles. The Labute approximate surface area is 130 Å². The first kappa shape index (κ1) is 16.0. The van der Waals surface area contributed by atoms with Crippen LogP contribution in [0.15, 0.2) is 4.47 Å². The zero-order valence-corrected chi connectivity index (χ0v) is 14.4. The highest BCUT2D eigenvalue weighted by molar-refractivity contribution is 9.10. The first-order valence-corrected chi connectivity index (χ1v) is 8.60. The predicted octanol–water partition coefficient (Wildman–Crippen LogP) is 3.04. The van der Waals surface area contributed by atoms with E-state index < -0.39 is 0 Å². The molecule has 1 heterocycles. The molecule has 3 N–H and O–H groups in total. The average Bonchev–Trinajstić information content (AvgIpc) is 3.00. The molecule has 1 aliphatic carbocycles. The maximum atomic E-state index is 5.83. The number of aryl methyl sites for hydroxylation is 2. The van der Waals surface area contributed by atoms with Gasteiger partial charge >= 0.3 is 0 Å². The van der Waals surface area contributed by atoms with Crippen molar-refractivity contribution in [2.24, 2.45) is 17.7 Å². The number of rotatable bonds is 6. The molecule has 4 nitrogen and oxygen atoms in total. The Balaban J connectivity index is 2.16. The van der Waals surface area contributed by atoms with E-state index in [4.69, 9.17) is 5.84 Å². The van der Waals surface area contributed by atoms with Crippen LogP contribution in [-0.2, 0) is 19.4 Å². The van der Waals surface area contributed by atoms with Gasteiger partial charge in [0.1, 0.15) is 0 Å². The average molecular weight is 343 g/mol. The summed E-state index contributed by atoms with van der Waals surface area (Å²) in [5.41, 5.74) is 5.49. The molecule has 1 aromatic heterocycles. The molecular formula is C15H27BrN4. The summed E-state index contributed by atoms with van der Waals surface area (Å²) >= 11 is 3.73. The molecule has 1 aliphatic rings. The van der Waals surface area contributed by atoms with Gasteiger partial charge in [-0.05, 0) is 54.0 Å². The van der Waals surface area contributed by atoms with Gasteiger partial charge in [-0.3, -0.25) is 16.0 Å². The Bertz CT molecular complexity index is 443. The van der Waals surface area contributed by atoms with Gasteiger partial charge in [-0.2, -0.15) is 5.10 Å². The van der Waals surface area contributed by atoms with E-state index >= 15 is 0 Å². The summed E-state index contributed by atoms with van der Waals surface area (Å²) in [6.07, 6.45) is 5.82. The summed E-state index contributed by atoms with van der Waals surface area (Å²) in [5.74, 6) is 7.35. The number of halogens is 1. The maximum Gasteiger partial charge on any atom is 0.0766 e. The molecule has 3 atom stereocenters. The molecule has 0 aliphatic heterocycles. The minimum Gasteiger partial charge on any atom is -0.271 e. The summed E-state index contributed by atoms with van der Waals surface area (Å²) in [6, 6.07) is 0.350. The fourth-order valence-electron chi connectivity index (χ4n) is 3.40. The van der Waals surface area contributed by atoms with Crippen LogP contribution in [-0.4, -0.2) is 15.8 Å². The lowest BCUT2D eigenvalue weighted by Crippen LogP contribution is -2.42. The van der Waals surface area contributed by atoms with Gasteiger partial charge in [0.05, 0.1) is 15.9 Å². The number of aromatic nitrogens is 2. The molecule has 1 fully saturated rings. The van der Waals surface area contributed by atoms with Crippen LogP contribution in [0.3, 0.4) is 0 Å². The van der Waals surface area contributed by atoms with Gasteiger partial charge in [-0.25, -0.2) is 0 Å². The lowest BCUT2D eigenvalue weighted by molar-refractivity contribution is 0.345. The normalized spacial score (nSPS) is 24.2. The standard InChI is InChI=1S/C15H27BrN4/c1-4-12-15(16)14(20(5-2)19-12)9-13(18-17)11-7-6-10(3)8-11/h10-11,13,18H,4-9,17H2,1-3H3. The summed E-state index contributed by atoms with van der Waals surface area (Å²) in [7, 11) is 0. The fourth-order valence-corrected chi connectivity index (χ4v) is 4.13. The van der Waals surface area contributed by atoms with Crippen LogP contribution < -0.4 is 11.3 Å². The van der Waals surface area contributed by atoms with Gasteiger partial charge in [-0.15, -0.1) is 0 Å². The molecule has 20 heavy (non-hydrogen) atoms. The third-order valence-electron chi connectivity index (χ3n) is 4.63. The summed E-state index contributed by atoms with van der Waals surface area (Å²) in [6.45, 7) is 7.54. The third kappa shape index (κ3) is 3.26. The number of hydrogen-bond acceptors (Lipinski definition) is 3. The Morgan fingerprint density at radius 1 is 1.45 bits per heavy atom. The maximum absolute atomic E-state index is 5.83. The molecule has 5 heteroatoms. The first-order valence-electron chi connectivity index (χ1n) is 7.80. The number of nitrogens with one attached hydrogen (secondary N) is 1. The van der Waals surface area contributed by atoms with Crippen molar-refractivity contribution in [1.29, 1.82) is 0 Å². The first-order chi connectivity index (χ1) is 9.60. The highest BCUT2D eigenvalue weighted by Crippen LogP contribution is 2.34. The van der Waals surface area contributed by atoms with Gasteiger partial charge in [0.2, 0.25) is 0 Å². The Kier molecular flexibility index (Phi) is 5.64. The van der Waals surface area contributed by atoms with Crippen molar-refractivity contribution >= 4 is 15.9 Å². The SMILES string of the molecule is CCc1nn(CC)c(CC(NN)C2CCC(C)C2)c1Br. The fraction of sp³-hybridized carbons (Fsp3) is 0.800. The van der Waals surface area contributed by atoms with E-state index in [0.717, 1.165) is 31.0 Å². The van der Waals surface area contributed by atoms with E-state index in [9.17, 15) is 0 Å². The Morgan fingerprint density at radius 2 is 2.20 bits per heavy atom. The Morgan fingerprint density at radius 3 is 2.70 bits per heavy atom. The van der Waals surface area contributed by atoms with Crippen molar-refractivity contribution in [3.8, 4) is 0 Å². The monoisotopic (exact) mass is 342 g/mol. The minimum atomic E-state index is 0.350. The second kappa shape index (κ2) is 7.05. The second-order valence-corrected chi connectivity index (χ2v) is 6.83. The van der Waals surface area contributed by atoms with E-state index in [1.54, 1.807) is 0 Å². The summed E-state index contributed by atoms with van der Waals surface area (Å²) < 4.78 is 3.29. The number of hydrogen-bond donors (Lipinski definition) is 2. The zero-order valence-electron chi connectivity index (χ0n) is 12.8. The zero-order chi connectivity index (χ0) is 14.7. The molecular weight excluding hydrogens is 316 g/mol. The number of nitrogens with zero attached hydrogens (tertiary/aromatic N) is 2. The summed E-state index contributed by atoms with van der Waals surface area (Å²) in [4.78, 5) is 0. The van der Waals surface area contributed by atoms with Crippen LogP contribution in [0.5, 0.6) is 0 Å². The molecule has 0 saturated heterocycles. The van der Waals surface area contributed by atoms with Crippen molar-refractivity contribution in [1.82, 2.24) is 15.2 Å². The van der Waals surface area contributed by atoms with Gasteiger partial charge in [0.25, 0.3) is 0 Å².